The molecule has 1 fully saturated rings. The Bertz CT molecular complexity index is 441. The molecule has 2 atom stereocenters. The molecule has 17 heavy (non-hydrogen) atoms. The third-order valence-corrected chi connectivity index (χ3v) is 3.17. The van der Waals surface area contributed by atoms with E-state index in [1.165, 1.54) is 4.68 Å². The lowest BCUT2D eigenvalue weighted by molar-refractivity contribution is -0.141. The molecule has 0 spiro atoms. The van der Waals surface area contributed by atoms with Crippen LogP contribution in [-0.4, -0.2) is 32.8 Å². The third kappa shape index (κ3) is 2.46. The molecule has 0 aromatic carbocycles. The van der Waals surface area contributed by atoms with Crippen molar-refractivity contribution < 1.29 is 14.7 Å². The number of nitrogens with zero attached hydrogens (tertiary/aromatic N) is 2. The first kappa shape index (κ1) is 11.6. The van der Waals surface area contributed by atoms with Gasteiger partial charge in [-0.1, -0.05) is 0 Å². The predicted molar refractivity (Wildman–Crippen MR) is 59.4 cm³/mol. The van der Waals surface area contributed by atoms with Crippen molar-refractivity contribution in [3.63, 3.8) is 0 Å². The van der Waals surface area contributed by atoms with Gasteiger partial charge < -0.3 is 10.4 Å². The van der Waals surface area contributed by atoms with Gasteiger partial charge in [0.05, 0.1) is 5.92 Å². The molecule has 1 aliphatic rings. The standard InChI is InChI=1S/C11H15N3O3/c1-14-9(4-5-12-14)10(15)13-8-3-2-7(6-8)11(16)17/h4-5,7-8H,2-3,6H2,1H3,(H,13,15)(H,16,17). The molecule has 1 aliphatic carbocycles. The maximum absolute atomic E-state index is 11.8. The molecule has 2 N–H and O–H groups in total. The van der Waals surface area contributed by atoms with Gasteiger partial charge >= 0.3 is 5.97 Å². The summed E-state index contributed by atoms with van der Waals surface area (Å²) in [4.78, 5) is 22.6. The van der Waals surface area contributed by atoms with E-state index >= 15 is 0 Å². The average Bonchev–Trinajstić information content (AvgIpc) is 2.86. The summed E-state index contributed by atoms with van der Waals surface area (Å²) < 4.78 is 1.50. The fourth-order valence-electron chi connectivity index (χ4n) is 2.19. The Morgan fingerprint density at radius 2 is 2.29 bits per heavy atom. The molecule has 6 nitrogen and oxygen atoms in total. The van der Waals surface area contributed by atoms with Crippen LogP contribution in [0.1, 0.15) is 29.8 Å². The lowest BCUT2D eigenvalue weighted by Gasteiger charge is -2.12. The van der Waals surface area contributed by atoms with Crippen molar-refractivity contribution in [2.45, 2.75) is 25.3 Å². The normalized spacial score (nSPS) is 23.6. The first-order valence-electron chi connectivity index (χ1n) is 5.59. The molecule has 92 valence electrons. The molecule has 1 heterocycles. The van der Waals surface area contributed by atoms with Gasteiger partial charge in [-0.2, -0.15) is 5.10 Å². The highest BCUT2D eigenvalue weighted by Gasteiger charge is 2.30. The number of rotatable bonds is 3. The smallest absolute Gasteiger partial charge is 0.306 e. The van der Waals surface area contributed by atoms with Crippen molar-refractivity contribution in [1.82, 2.24) is 15.1 Å². The summed E-state index contributed by atoms with van der Waals surface area (Å²) in [5.41, 5.74) is 0.490. The third-order valence-electron chi connectivity index (χ3n) is 3.17. The number of carboxylic acids is 1. The van der Waals surface area contributed by atoms with Gasteiger partial charge in [-0.3, -0.25) is 14.3 Å². The highest BCUT2D eigenvalue weighted by Crippen LogP contribution is 2.25. The summed E-state index contributed by atoms with van der Waals surface area (Å²) in [7, 11) is 1.70. The molecule has 1 saturated carbocycles. The van der Waals surface area contributed by atoms with E-state index in [-0.39, 0.29) is 17.9 Å². The Morgan fingerprint density at radius 3 is 2.82 bits per heavy atom. The summed E-state index contributed by atoms with van der Waals surface area (Å²) in [5.74, 6) is -1.30. The molecule has 0 aliphatic heterocycles. The number of carbonyl (C=O) groups is 2. The summed E-state index contributed by atoms with van der Waals surface area (Å²) in [6.07, 6.45) is 3.43. The van der Waals surface area contributed by atoms with E-state index < -0.39 is 5.97 Å². The van der Waals surface area contributed by atoms with Crippen LogP contribution in [0.15, 0.2) is 12.3 Å². The predicted octanol–water partition coefficient (Wildman–Crippen LogP) is 0.403. The lowest BCUT2D eigenvalue weighted by Crippen LogP contribution is -2.34. The number of carboxylic acid groups (broad SMARTS) is 1. The quantitative estimate of drug-likeness (QED) is 0.797. The Hall–Kier alpha value is -1.85. The summed E-state index contributed by atoms with van der Waals surface area (Å²) in [6.45, 7) is 0. The number of aliphatic carboxylic acids is 1. The van der Waals surface area contributed by atoms with Crippen molar-refractivity contribution in [3.05, 3.63) is 18.0 Å². The van der Waals surface area contributed by atoms with Crippen LogP contribution in [0.3, 0.4) is 0 Å². The lowest BCUT2D eigenvalue weighted by atomic mass is 10.1. The van der Waals surface area contributed by atoms with Crippen LogP contribution in [0.25, 0.3) is 0 Å². The maximum atomic E-state index is 11.8. The van der Waals surface area contributed by atoms with Gasteiger partial charge in [-0.15, -0.1) is 0 Å². The van der Waals surface area contributed by atoms with Crippen molar-refractivity contribution in [1.29, 1.82) is 0 Å². The van der Waals surface area contributed by atoms with Crippen molar-refractivity contribution >= 4 is 11.9 Å². The number of aromatic nitrogens is 2. The van der Waals surface area contributed by atoms with Crippen LogP contribution in [0.4, 0.5) is 0 Å². The number of carbonyl (C=O) groups excluding carboxylic acids is 1. The van der Waals surface area contributed by atoms with E-state index in [0.29, 0.717) is 18.5 Å². The zero-order chi connectivity index (χ0) is 12.4. The topological polar surface area (TPSA) is 84.2 Å². The largest absolute Gasteiger partial charge is 0.481 e. The second-order valence-corrected chi connectivity index (χ2v) is 4.36. The molecule has 0 saturated heterocycles. The highest BCUT2D eigenvalue weighted by atomic mass is 16.4. The van der Waals surface area contributed by atoms with Gasteiger partial charge in [0.1, 0.15) is 5.69 Å². The number of aryl methyl sites for hydroxylation is 1. The van der Waals surface area contributed by atoms with E-state index in [9.17, 15) is 9.59 Å². The highest BCUT2D eigenvalue weighted by molar-refractivity contribution is 5.92. The number of nitrogens with one attached hydrogen (secondary N) is 1. The Balaban J connectivity index is 1.93. The summed E-state index contributed by atoms with van der Waals surface area (Å²) in [5, 5.41) is 15.6. The molecule has 1 aromatic rings. The van der Waals surface area contributed by atoms with Crippen LogP contribution < -0.4 is 5.32 Å². The van der Waals surface area contributed by atoms with E-state index in [1.807, 2.05) is 0 Å². The summed E-state index contributed by atoms with van der Waals surface area (Å²) in [6, 6.07) is 1.59. The van der Waals surface area contributed by atoms with Gasteiger partial charge in [0.25, 0.3) is 5.91 Å². The molecule has 0 bridgehead atoms. The van der Waals surface area contributed by atoms with Crippen LogP contribution in [0.2, 0.25) is 0 Å². The van der Waals surface area contributed by atoms with Crippen LogP contribution in [-0.2, 0) is 11.8 Å². The van der Waals surface area contributed by atoms with Gasteiger partial charge in [0.15, 0.2) is 0 Å². The van der Waals surface area contributed by atoms with Gasteiger partial charge in [0.2, 0.25) is 0 Å². The Morgan fingerprint density at radius 1 is 1.53 bits per heavy atom. The van der Waals surface area contributed by atoms with Crippen molar-refractivity contribution in [2.24, 2.45) is 13.0 Å². The minimum Gasteiger partial charge on any atom is -0.481 e. The van der Waals surface area contributed by atoms with Crippen LogP contribution in [0.5, 0.6) is 0 Å². The second-order valence-electron chi connectivity index (χ2n) is 4.36. The van der Waals surface area contributed by atoms with Crippen molar-refractivity contribution in [2.75, 3.05) is 0 Å². The van der Waals surface area contributed by atoms with E-state index in [4.69, 9.17) is 5.11 Å². The van der Waals surface area contributed by atoms with E-state index in [0.717, 1.165) is 6.42 Å². The minimum absolute atomic E-state index is 0.0431. The second kappa shape index (κ2) is 4.57. The van der Waals surface area contributed by atoms with Gasteiger partial charge in [-0.25, -0.2) is 0 Å². The zero-order valence-corrected chi connectivity index (χ0v) is 9.59. The molecule has 6 heteroatoms. The molecular weight excluding hydrogens is 222 g/mol. The minimum atomic E-state index is -0.776. The summed E-state index contributed by atoms with van der Waals surface area (Å²) >= 11 is 0. The molecule has 1 amide bonds. The first-order valence-corrected chi connectivity index (χ1v) is 5.59. The monoisotopic (exact) mass is 237 g/mol. The first-order chi connectivity index (χ1) is 8.08. The average molecular weight is 237 g/mol. The molecule has 1 aromatic heterocycles. The van der Waals surface area contributed by atoms with E-state index in [2.05, 4.69) is 10.4 Å². The molecular formula is C11H15N3O3. The number of hydrogen-bond acceptors (Lipinski definition) is 3. The molecule has 2 rings (SSSR count). The Labute approximate surface area is 98.6 Å². The van der Waals surface area contributed by atoms with Gasteiger partial charge in [-0.05, 0) is 25.3 Å². The molecule has 2 unspecified atom stereocenters. The number of hydrogen-bond donors (Lipinski definition) is 2. The van der Waals surface area contributed by atoms with E-state index in [1.54, 1.807) is 19.3 Å². The molecule has 0 radical (unpaired) electrons. The Kier molecular flexibility index (Phi) is 3.12. The van der Waals surface area contributed by atoms with Crippen molar-refractivity contribution in [3.8, 4) is 0 Å². The fraction of sp³-hybridized carbons (Fsp3) is 0.545. The van der Waals surface area contributed by atoms with Crippen LogP contribution >= 0.6 is 0 Å². The zero-order valence-electron chi connectivity index (χ0n) is 9.59. The SMILES string of the molecule is Cn1nccc1C(=O)NC1CCC(C(=O)O)C1. The van der Waals surface area contributed by atoms with Gasteiger partial charge in [0, 0.05) is 19.3 Å². The number of amides is 1. The fourth-order valence-corrected chi connectivity index (χ4v) is 2.19. The maximum Gasteiger partial charge on any atom is 0.306 e. The van der Waals surface area contributed by atoms with Crippen LogP contribution in [0, 0.1) is 5.92 Å².